The van der Waals surface area contributed by atoms with Crippen LogP contribution in [-0.2, 0) is 4.74 Å². The molecule has 1 atom stereocenters. The van der Waals surface area contributed by atoms with Crippen LogP contribution in [0.25, 0.3) is 0 Å². The predicted octanol–water partition coefficient (Wildman–Crippen LogP) is 1.99. The van der Waals surface area contributed by atoms with E-state index in [1.54, 1.807) is 6.92 Å². The lowest BCUT2D eigenvalue weighted by Crippen LogP contribution is -2.48. The molecule has 2 N–H and O–H groups in total. The average molecular weight is 286 g/mol. The number of amides is 2. The number of hydrogen-bond donors (Lipinski definition) is 2. The third kappa shape index (κ3) is 6.09. The number of urea groups is 1. The van der Waals surface area contributed by atoms with Gasteiger partial charge in [0.1, 0.15) is 0 Å². The largest absolute Gasteiger partial charge is 0.393 e. The molecule has 0 bridgehead atoms. The summed E-state index contributed by atoms with van der Waals surface area (Å²) in [7, 11) is 0. The first-order valence-electron chi connectivity index (χ1n) is 7.66. The van der Waals surface area contributed by atoms with Crippen molar-refractivity contribution in [3.8, 4) is 0 Å². The van der Waals surface area contributed by atoms with Gasteiger partial charge in [0.15, 0.2) is 0 Å². The number of ether oxygens (including phenoxy) is 1. The summed E-state index contributed by atoms with van der Waals surface area (Å²) < 4.78 is 5.58. The number of carbonyl (C=O) groups excluding carboxylic acids is 1. The zero-order valence-electron chi connectivity index (χ0n) is 13.3. The molecular weight excluding hydrogens is 256 g/mol. The molecule has 0 aromatic rings. The second-order valence-electron chi connectivity index (χ2n) is 6.52. The molecule has 0 saturated carbocycles. The zero-order valence-corrected chi connectivity index (χ0v) is 13.3. The second-order valence-corrected chi connectivity index (χ2v) is 6.52. The molecule has 1 saturated heterocycles. The smallest absolute Gasteiger partial charge is 0.317 e. The number of nitrogens with one attached hydrogen (secondary N) is 1. The molecule has 0 spiro atoms. The molecule has 2 amide bonds. The Morgan fingerprint density at radius 1 is 1.45 bits per heavy atom. The molecule has 0 radical (unpaired) electrons. The van der Waals surface area contributed by atoms with E-state index in [2.05, 4.69) is 19.2 Å². The van der Waals surface area contributed by atoms with E-state index in [0.29, 0.717) is 19.1 Å². The summed E-state index contributed by atoms with van der Waals surface area (Å²) >= 11 is 0. The van der Waals surface area contributed by atoms with Crippen LogP contribution in [0, 0.1) is 5.41 Å². The van der Waals surface area contributed by atoms with Gasteiger partial charge in [0.25, 0.3) is 0 Å². The first-order valence-corrected chi connectivity index (χ1v) is 7.66. The third-order valence-electron chi connectivity index (χ3n) is 3.70. The van der Waals surface area contributed by atoms with Crippen LogP contribution in [0.5, 0.6) is 0 Å². The molecule has 0 aromatic heterocycles. The van der Waals surface area contributed by atoms with Crippen molar-refractivity contribution >= 4 is 6.03 Å². The van der Waals surface area contributed by atoms with Crippen LogP contribution >= 0.6 is 0 Å². The lowest BCUT2D eigenvalue weighted by Gasteiger charge is -2.33. The highest BCUT2D eigenvalue weighted by Gasteiger charge is 2.25. The number of aliphatic hydroxyl groups is 1. The van der Waals surface area contributed by atoms with Gasteiger partial charge in [-0.3, -0.25) is 0 Å². The first kappa shape index (κ1) is 17.2. The molecule has 0 aromatic carbocycles. The number of rotatable bonds is 6. The van der Waals surface area contributed by atoms with Crippen molar-refractivity contribution in [3.63, 3.8) is 0 Å². The summed E-state index contributed by atoms with van der Waals surface area (Å²) in [4.78, 5) is 14.0. The summed E-state index contributed by atoms with van der Waals surface area (Å²) in [5.74, 6) is 0. The molecule has 118 valence electrons. The van der Waals surface area contributed by atoms with Crippen molar-refractivity contribution in [2.45, 2.75) is 59.2 Å². The monoisotopic (exact) mass is 286 g/mol. The molecule has 1 heterocycles. The molecule has 5 nitrogen and oxygen atoms in total. The van der Waals surface area contributed by atoms with Crippen LogP contribution in [0.15, 0.2) is 0 Å². The minimum atomic E-state index is -0.344. The standard InChI is InChI=1S/C15H30N2O3/c1-5-20-13-6-8-17(9-7-13)14(19)16-11-15(3,4)10-12(2)18/h12-13,18H,5-11H2,1-4H3,(H,16,19). The van der Waals surface area contributed by atoms with Crippen LogP contribution in [0.3, 0.4) is 0 Å². The minimum absolute atomic E-state index is 0.00128. The highest BCUT2D eigenvalue weighted by atomic mass is 16.5. The number of carbonyl (C=O) groups is 1. The summed E-state index contributed by atoms with van der Waals surface area (Å²) in [6.07, 6.45) is 2.47. The Bertz CT molecular complexity index is 297. The summed E-state index contributed by atoms with van der Waals surface area (Å²) in [5, 5.41) is 12.4. The molecule has 0 aliphatic carbocycles. The van der Waals surface area contributed by atoms with Gasteiger partial charge in [0, 0.05) is 26.2 Å². The van der Waals surface area contributed by atoms with E-state index in [1.807, 2.05) is 11.8 Å². The Hall–Kier alpha value is -0.810. The predicted molar refractivity (Wildman–Crippen MR) is 79.7 cm³/mol. The fourth-order valence-electron chi connectivity index (χ4n) is 2.76. The van der Waals surface area contributed by atoms with Crippen LogP contribution in [0.2, 0.25) is 0 Å². The van der Waals surface area contributed by atoms with Crippen molar-refractivity contribution in [1.82, 2.24) is 10.2 Å². The van der Waals surface area contributed by atoms with E-state index in [1.165, 1.54) is 0 Å². The first-order chi connectivity index (χ1) is 9.34. The third-order valence-corrected chi connectivity index (χ3v) is 3.70. The Morgan fingerprint density at radius 2 is 2.05 bits per heavy atom. The molecule has 20 heavy (non-hydrogen) atoms. The van der Waals surface area contributed by atoms with Gasteiger partial charge in [-0.15, -0.1) is 0 Å². The topological polar surface area (TPSA) is 61.8 Å². The van der Waals surface area contributed by atoms with Crippen molar-refractivity contribution in [3.05, 3.63) is 0 Å². The Labute approximate surface area is 122 Å². The van der Waals surface area contributed by atoms with Gasteiger partial charge in [-0.25, -0.2) is 4.79 Å². The van der Waals surface area contributed by atoms with E-state index in [9.17, 15) is 9.90 Å². The SMILES string of the molecule is CCOC1CCN(C(=O)NCC(C)(C)CC(C)O)CC1. The van der Waals surface area contributed by atoms with E-state index in [4.69, 9.17) is 4.74 Å². The van der Waals surface area contributed by atoms with Crippen molar-refractivity contribution in [2.75, 3.05) is 26.2 Å². The summed E-state index contributed by atoms with van der Waals surface area (Å²) in [5.41, 5.74) is -0.0898. The molecular formula is C15H30N2O3. The highest BCUT2D eigenvalue weighted by Crippen LogP contribution is 2.21. The Kier molecular flexibility index (Phi) is 6.76. The van der Waals surface area contributed by atoms with E-state index < -0.39 is 0 Å². The van der Waals surface area contributed by atoms with Crippen LogP contribution in [-0.4, -0.2) is 54.5 Å². The highest BCUT2D eigenvalue weighted by molar-refractivity contribution is 5.74. The van der Waals surface area contributed by atoms with Crippen LogP contribution < -0.4 is 5.32 Å². The number of hydrogen-bond acceptors (Lipinski definition) is 3. The number of aliphatic hydroxyl groups excluding tert-OH is 1. The van der Waals surface area contributed by atoms with Crippen LogP contribution in [0.4, 0.5) is 4.79 Å². The van der Waals surface area contributed by atoms with Gasteiger partial charge in [-0.1, -0.05) is 13.8 Å². The lowest BCUT2D eigenvalue weighted by atomic mass is 9.87. The van der Waals surface area contributed by atoms with Gasteiger partial charge in [-0.2, -0.15) is 0 Å². The molecule has 1 unspecified atom stereocenters. The number of piperidine rings is 1. The Morgan fingerprint density at radius 3 is 2.55 bits per heavy atom. The van der Waals surface area contributed by atoms with Gasteiger partial charge in [0.2, 0.25) is 0 Å². The summed E-state index contributed by atoms with van der Waals surface area (Å²) in [6, 6.07) is -0.00128. The fraction of sp³-hybridized carbons (Fsp3) is 0.933. The molecule has 5 heteroatoms. The number of likely N-dealkylation sites (tertiary alicyclic amines) is 1. The zero-order chi connectivity index (χ0) is 15.2. The Balaban J connectivity index is 2.30. The van der Waals surface area contributed by atoms with Crippen LogP contribution in [0.1, 0.15) is 47.0 Å². The molecule has 1 aliphatic rings. The summed E-state index contributed by atoms with van der Waals surface area (Å²) in [6.45, 7) is 10.7. The average Bonchev–Trinajstić information content (AvgIpc) is 2.36. The molecule has 1 aliphatic heterocycles. The van der Waals surface area contributed by atoms with Gasteiger partial charge >= 0.3 is 6.03 Å². The lowest BCUT2D eigenvalue weighted by molar-refractivity contribution is 0.0216. The number of nitrogens with zero attached hydrogens (tertiary/aromatic N) is 1. The molecule has 1 fully saturated rings. The van der Waals surface area contributed by atoms with Crippen molar-refractivity contribution in [1.29, 1.82) is 0 Å². The van der Waals surface area contributed by atoms with Crippen molar-refractivity contribution in [2.24, 2.45) is 5.41 Å². The minimum Gasteiger partial charge on any atom is -0.393 e. The van der Waals surface area contributed by atoms with E-state index >= 15 is 0 Å². The quantitative estimate of drug-likeness (QED) is 0.785. The normalized spacial score (nSPS) is 18.9. The fourth-order valence-corrected chi connectivity index (χ4v) is 2.76. The molecule has 1 rings (SSSR count). The van der Waals surface area contributed by atoms with Crippen molar-refractivity contribution < 1.29 is 14.6 Å². The van der Waals surface area contributed by atoms with Gasteiger partial charge < -0.3 is 20.1 Å². The maximum atomic E-state index is 12.1. The van der Waals surface area contributed by atoms with E-state index in [0.717, 1.165) is 32.5 Å². The maximum Gasteiger partial charge on any atom is 0.317 e. The maximum absolute atomic E-state index is 12.1. The van der Waals surface area contributed by atoms with E-state index in [-0.39, 0.29) is 17.6 Å². The second kappa shape index (κ2) is 7.84. The van der Waals surface area contributed by atoms with Gasteiger partial charge in [-0.05, 0) is 38.5 Å². The van der Waals surface area contributed by atoms with Gasteiger partial charge in [0.05, 0.1) is 12.2 Å².